The molecule has 1 aliphatic heterocycles. The van der Waals surface area contributed by atoms with Gasteiger partial charge in [-0.25, -0.2) is 0 Å². The van der Waals surface area contributed by atoms with Crippen LogP contribution in [0.1, 0.15) is 59.3 Å². The summed E-state index contributed by atoms with van der Waals surface area (Å²) in [5.74, 6) is 2.50. The van der Waals surface area contributed by atoms with Gasteiger partial charge >= 0.3 is 0 Å². The van der Waals surface area contributed by atoms with E-state index in [1.54, 1.807) is 0 Å². The average Bonchev–Trinajstić information content (AvgIpc) is 2.61. The van der Waals surface area contributed by atoms with E-state index >= 15 is 0 Å². The van der Waals surface area contributed by atoms with E-state index in [0.717, 1.165) is 25.8 Å². The van der Waals surface area contributed by atoms with Gasteiger partial charge in [0, 0.05) is 24.0 Å². The van der Waals surface area contributed by atoms with Crippen molar-refractivity contribution in [1.82, 2.24) is 4.90 Å². The monoisotopic (exact) mass is 278 g/mol. The van der Waals surface area contributed by atoms with Crippen LogP contribution in [0.4, 0.5) is 0 Å². The molecule has 3 rings (SSSR count). The molecule has 0 aromatic heterocycles. The van der Waals surface area contributed by atoms with Crippen LogP contribution in [0.2, 0.25) is 0 Å². The molecule has 2 saturated carbocycles. The highest BCUT2D eigenvalue weighted by atomic mass is 16.2. The number of rotatable bonds is 1. The summed E-state index contributed by atoms with van der Waals surface area (Å²) >= 11 is 0. The van der Waals surface area contributed by atoms with Crippen molar-refractivity contribution < 1.29 is 4.79 Å². The molecule has 2 N–H and O–H groups in total. The molecule has 2 aliphatic carbocycles. The molecule has 2 bridgehead atoms. The van der Waals surface area contributed by atoms with Crippen LogP contribution in [0.5, 0.6) is 0 Å². The molecule has 3 fully saturated rings. The third-order valence-corrected chi connectivity index (χ3v) is 6.10. The topological polar surface area (TPSA) is 46.3 Å². The highest BCUT2D eigenvalue weighted by Crippen LogP contribution is 2.44. The minimum atomic E-state index is 0.0468. The molecule has 114 valence electrons. The van der Waals surface area contributed by atoms with Gasteiger partial charge in [0.1, 0.15) is 0 Å². The minimum Gasteiger partial charge on any atom is -0.337 e. The van der Waals surface area contributed by atoms with Crippen LogP contribution in [0.25, 0.3) is 0 Å². The van der Waals surface area contributed by atoms with Gasteiger partial charge < -0.3 is 10.6 Å². The Kier molecular flexibility index (Phi) is 3.60. The summed E-state index contributed by atoms with van der Waals surface area (Å²) in [6, 6.07) is 0.360. The zero-order valence-electron chi connectivity index (χ0n) is 13.3. The molecule has 3 unspecified atom stereocenters. The summed E-state index contributed by atoms with van der Waals surface area (Å²) < 4.78 is 0. The van der Waals surface area contributed by atoms with Crippen LogP contribution in [-0.2, 0) is 4.79 Å². The molecule has 20 heavy (non-hydrogen) atoms. The highest BCUT2D eigenvalue weighted by Gasteiger charge is 2.46. The number of likely N-dealkylation sites (tertiary alicyclic amines) is 1. The molecular weight excluding hydrogens is 248 g/mol. The lowest BCUT2D eigenvalue weighted by Gasteiger charge is -2.45. The molecule has 3 nitrogen and oxygen atoms in total. The first kappa shape index (κ1) is 14.4. The SMILES string of the molecule is CC1CN(C(=O)C2CC3CCCC(C2)C3N)C(C)(C)C1. The minimum absolute atomic E-state index is 0.0468. The van der Waals surface area contributed by atoms with Crippen molar-refractivity contribution in [3.8, 4) is 0 Å². The Labute approximate surface area is 123 Å². The predicted molar refractivity (Wildman–Crippen MR) is 81.1 cm³/mol. The zero-order valence-corrected chi connectivity index (χ0v) is 13.3. The second kappa shape index (κ2) is 5.01. The van der Waals surface area contributed by atoms with Crippen molar-refractivity contribution in [3.63, 3.8) is 0 Å². The normalized spacial score (nSPS) is 43.6. The first-order valence-corrected chi connectivity index (χ1v) is 8.45. The van der Waals surface area contributed by atoms with Gasteiger partial charge in [0.25, 0.3) is 0 Å². The highest BCUT2D eigenvalue weighted by molar-refractivity contribution is 5.80. The predicted octanol–water partition coefficient (Wildman–Crippen LogP) is 2.79. The molecule has 1 heterocycles. The second-order valence-corrected chi connectivity index (χ2v) is 8.27. The Morgan fingerprint density at radius 2 is 1.80 bits per heavy atom. The van der Waals surface area contributed by atoms with Crippen LogP contribution >= 0.6 is 0 Å². The number of hydrogen-bond donors (Lipinski definition) is 1. The molecule has 1 amide bonds. The lowest BCUT2D eigenvalue weighted by atomic mass is 9.65. The summed E-state index contributed by atoms with van der Waals surface area (Å²) in [6.07, 6.45) is 7.01. The van der Waals surface area contributed by atoms with Crippen molar-refractivity contribution in [1.29, 1.82) is 0 Å². The van der Waals surface area contributed by atoms with Crippen molar-refractivity contribution in [3.05, 3.63) is 0 Å². The van der Waals surface area contributed by atoms with E-state index in [-0.39, 0.29) is 11.5 Å². The van der Waals surface area contributed by atoms with Gasteiger partial charge in [-0.05, 0) is 63.7 Å². The molecule has 0 aromatic carbocycles. The molecule has 3 heteroatoms. The number of carbonyl (C=O) groups is 1. The summed E-state index contributed by atoms with van der Waals surface area (Å²) in [6.45, 7) is 7.66. The quantitative estimate of drug-likeness (QED) is 0.801. The fraction of sp³-hybridized carbons (Fsp3) is 0.941. The Morgan fingerprint density at radius 1 is 1.20 bits per heavy atom. The second-order valence-electron chi connectivity index (χ2n) is 8.27. The fourth-order valence-corrected chi connectivity index (χ4v) is 5.19. The van der Waals surface area contributed by atoms with E-state index in [2.05, 4.69) is 25.7 Å². The number of amides is 1. The van der Waals surface area contributed by atoms with Gasteiger partial charge in [-0.2, -0.15) is 0 Å². The van der Waals surface area contributed by atoms with Crippen molar-refractivity contribution in [2.45, 2.75) is 70.9 Å². The molecule has 1 saturated heterocycles. The van der Waals surface area contributed by atoms with Gasteiger partial charge in [0.05, 0.1) is 0 Å². The molecule has 0 spiro atoms. The van der Waals surface area contributed by atoms with Crippen LogP contribution in [-0.4, -0.2) is 28.9 Å². The van der Waals surface area contributed by atoms with Gasteiger partial charge in [-0.3, -0.25) is 4.79 Å². The molecule has 0 aromatic rings. The number of carbonyl (C=O) groups excluding carboxylic acids is 1. The Balaban J connectivity index is 1.72. The Morgan fingerprint density at radius 3 is 2.30 bits per heavy atom. The number of nitrogens with two attached hydrogens (primary N) is 1. The standard InChI is InChI=1S/C17H30N2O/c1-11-9-17(2,3)19(10-11)16(20)14-7-12-5-4-6-13(8-14)15(12)18/h11-15H,4-10,18H2,1-3H3. The summed E-state index contributed by atoms with van der Waals surface area (Å²) in [5.41, 5.74) is 6.40. The van der Waals surface area contributed by atoms with E-state index in [4.69, 9.17) is 5.73 Å². The first-order valence-electron chi connectivity index (χ1n) is 8.45. The Bertz CT molecular complexity index is 378. The smallest absolute Gasteiger partial charge is 0.226 e. The van der Waals surface area contributed by atoms with Crippen molar-refractivity contribution in [2.24, 2.45) is 29.4 Å². The van der Waals surface area contributed by atoms with Crippen LogP contribution in [0.3, 0.4) is 0 Å². The third-order valence-electron chi connectivity index (χ3n) is 6.10. The van der Waals surface area contributed by atoms with Crippen molar-refractivity contribution in [2.75, 3.05) is 6.54 Å². The fourth-order valence-electron chi connectivity index (χ4n) is 5.19. The van der Waals surface area contributed by atoms with Gasteiger partial charge in [-0.1, -0.05) is 13.3 Å². The van der Waals surface area contributed by atoms with E-state index in [1.165, 1.54) is 19.3 Å². The summed E-state index contributed by atoms with van der Waals surface area (Å²) in [7, 11) is 0. The van der Waals surface area contributed by atoms with E-state index in [9.17, 15) is 4.79 Å². The molecular formula is C17H30N2O. The Hall–Kier alpha value is -0.570. The van der Waals surface area contributed by atoms with E-state index < -0.39 is 0 Å². The summed E-state index contributed by atoms with van der Waals surface area (Å²) in [5, 5.41) is 0. The van der Waals surface area contributed by atoms with E-state index in [0.29, 0.717) is 29.7 Å². The largest absolute Gasteiger partial charge is 0.337 e. The lowest BCUT2D eigenvalue weighted by Crippen LogP contribution is -2.52. The lowest BCUT2D eigenvalue weighted by molar-refractivity contribution is -0.142. The van der Waals surface area contributed by atoms with Crippen LogP contribution in [0.15, 0.2) is 0 Å². The molecule has 0 radical (unpaired) electrons. The maximum Gasteiger partial charge on any atom is 0.226 e. The number of hydrogen-bond acceptors (Lipinski definition) is 2. The maximum atomic E-state index is 13.0. The van der Waals surface area contributed by atoms with Crippen LogP contribution < -0.4 is 5.73 Å². The maximum absolute atomic E-state index is 13.0. The summed E-state index contributed by atoms with van der Waals surface area (Å²) in [4.78, 5) is 15.2. The zero-order chi connectivity index (χ0) is 14.5. The molecule has 3 atom stereocenters. The third kappa shape index (κ3) is 2.38. The molecule has 3 aliphatic rings. The van der Waals surface area contributed by atoms with Gasteiger partial charge in [-0.15, -0.1) is 0 Å². The average molecular weight is 278 g/mol. The van der Waals surface area contributed by atoms with Gasteiger partial charge in [0.15, 0.2) is 0 Å². The van der Waals surface area contributed by atoms with Crippen molar-refractivity contribution >= 4 is 5.91 Å². The first-order chi connectivity index (χ1) is 9.38. The van der Waals surface area contributed by atoms with Crippen LogP contribution in [0, 0.1) is 23.7 Å². The van der Waals surface area contributed by atoms with E-state index in [1.807, 2.05) is 0 Å². The van der Waals surface area contributed by atoms with Gasteiger partial charge in [0.2, 0.25) is 5.91 Å². The number of nitrogens with zero attached hydrogens (tertiary/aromatic N) is 1. The number of fused-ring (bicyclic) bond motifs is 2.